The molecule has 4 heteroatoms. The van der Waals surface area contributed by atoms with E-state index in [1.165, 1.54) is 5.56 Å². The van der Waals surface area contributed by atoms with Gasteiger partial charge < -0.3 is 14.8 Å². The molecule has 0 fully saturated rings. The molecule has 104 valence electrons. The van der Waals surface area contributed by atoms with Crippen LogP contribution in [0.1, 0.15) is 18.1 Å². The van der Waals surface area contributed by atoms with Crippen LogP contribution in [0.5, 0.6) is 11.5 Å². The first-order chi connectivity index (χ1) is 9.76. The van der Waals surface area contributed by atoms with Crippen molar-refractivity contribution in [3.63, 3.8) is 0 Å². The molecule has 0 saturated heterocycles. The summed E-state index contributed by atoms with van der Waals surface area (Å²) in [5.74, 6) is 1.61. The molecule has 0 saturated carbocycles. The first-order valence-electron chi connectivity index (χ1n) is 6.67. The monoisotopic (exact) mass is 333 g/mol. The van der Waals surface area contributed by atoms with Crippen LogP contribution in [0.15, 0.2) is 40.9 Å². The Balaban J connectivity index is 1.75. The summed E-state index contributed by atoms with van der Waals surface area (Å²) in [5, 5.41) is 3.44. The quantitative estimate of drug-likeness (QED) is 0.902. The summed E-state index contributed by atoms with van der Waals surface area (Å²) in [7, 11) is 0. The summed E-state index contributed by atoms with van der Waals surface area (Å²) in [5.41, 5.74) is 3.62. The molecule has 1 aliphatic heterocycles. The van der Waals surface area contributed by atoms with Crippen molar-refractivity contribution in [2.24, 2.45) is 0 Å². The molecule has 1 heterocycles. The van der Waals surface area contributed by atoms with E-state index in [0.29, 0.717) is 6.79 Å². The molecule has 2 aromatic carbocycles. The first kappa shape index (κ1) is 13.3. The van der Waals surface area contributed by atoms with Crippen LogP contribution >= 0.6 is 15.9 Å². The van der Waals surface area contributed by atoms with Crippen LogP contribution in [0.2, 0.25) is 0 Å². The lowest BCUT2D eigenvalue weighted by molar-refractivity contribution is 0.174. The Labute approximate surface area is 127 Å². The Kier molecular flexibility index (Phi) is 3.83. The predicted molar refractivity (Wildman–Crippen MR) is 83.4 cm³/mol. The summed E-state index contributed by atoms with van der Waals surface area (Å²) in [6, 6.07) is 12.5. The molecular formula is C16H16BrNO2. The average Bonchev–Trinajstić information content (AvgIpc) is 2.92. The fourth-order valence-electron chi connectivity index (χ4n) is 2.19. The normalized spacial score (nSPS) is 12.5. The highest BCUT2D eigenvalue weighted by Crippen LogP contribution is 2.37. The number of hydrogen-bond acceptors (Lipinski definition) is 3. The van der Waals surface area contributed by atoms with E-state index in [1.807, 2.05) is 12.1 Å². The minimum absolute atomic E-state index is 0.303. The molecule has 0 bridgehead atoms. The van der Waals surface area contributed by atoms with Gasteiger partial charge in [0.25, 0.3) is 0 Å². The highest BCUT2D eigenvalue weighted by atomic mass is 79.9. The number of anilines is 1. The Morgan fingerprint density at radius 1 is 1.15 bits per heavy atom. The molecule has 0 aromatic heterocycles. The summed E-state index contributed by atoms with van der Waals surface area (Å²) in [6.45, 7) is 3.20. The Morgan fingerprint density at radius 2 is 1.95 bits per heavy atom. The van der Waals surface area contributed by atoms with Gasteiger partial charge in [0.05, 0.1) is 0 Å². The zero-order chi connectivity index (χ0) is 13.9. The zero-order valence-corrected chi connectivity index (χ0v) is 12.9. The number of aryl methyl sites for hydroxylation is 1. The van der Waals surface area contributed by atoms with Gasteiger partial charge in [-0.15, -0.1) is 0 Å². The van der Waals surface area contributed by atoms with Gasteiger partial charge in [0.2, 0.25) is 6.79 Å². The Morgan fingerprint density at radius 3 is 2.75 bits per heavy atom. The van der Waals surface area contributed by atoms with E-state index in [1.54, 1.807) is 0 Å². The van der Waals surface area contributed by atoms with Crippen molar-refractivity contribution in [1.82, 2.24) is 0 Å². The highest BCUT2D eigenvalue weighted by Gasteiger charge is 2.16. The van der Waals surface area contributed by atoms with Crippen LogP contribution in [0.25, 0.3) is 0 Å². The van der Waals surface area contributed by atoms with Crippen molar-refractivity contribution < 1.29 is 9.47 Å². The highest BCUT2D eigenvalue weighted by molar-refractivity contribution is 9.10. The van der Waals surface area contributed by atoms with E-state index in [-0.39, 0.29) is 0 Å². The number of hydrogen-bond donors (Lipinski definition) is 1. The van der Waals surface area contributed by atoms with Crippen LogP contribution < -0.4 is 14.8 Å². The van der Waals surface area contributed by atoms with E-state index < -0.39 is 0 Å². The number of fused-ring (bicyclic) bond motifs is 1. The van der Waals surface area contributed by atoms with E-state index in [9.17, 15) is 0 Å². The lowest BCUT2D eigenvalue weighted by Crippen LogP contribution is -2.00. The molecule has 0 radical (unpaired) electrons. The molecule has 0 atom stereocenters. The third-order valence-electron chi connectivity index (χ3n) is 3.36. The minimum Gasteiger partial charge on any atom is -0.454 e. The van der Waals surface area contributed by atoms with Crippen molar-refractivity contribution in [1.29, 1.82) is 0 Å². The van der Waals surface area contributed by atoms with Crippen LogP contribution in [0.3, 0.4) is 0 Å². The molecule has 0 spiro atoms. The van der Waals surface area contributed by atoms with Crippen LogP contribution in [-0.2, 0) is 13.0 Å². The van der Waals surface area contributed by atoms with Gasteiger partial charge in [-0.2, -0.15) is 0 Å². The summed E-state index contributed by atoms with van der Waals surface area (Å²) in [4.78, 5) is 0. The molecule has 3 nitrogen and oxygen atoms in total. The summed E-state index contributed by atoms with van der Waals surface area (Å²) < 4.78 is 11.8. The van der Waals surface area contributed by atoms with Gasteiger partial charge in [0, 0.05) is 16.7 Å². The van der Waals surface area contributed by atoms with Crippen LogP contribution in [0.4, 0.5) is 5.69 Å². The third kappa shape index (κ3) is 2.75. The molecular weight excluding hydrogens is 318 g/mol. The number of benzene rings is 2. The zero-order valence-electron chi connectivity index (χ0n) is 11.3. The van der Waals surface area contributed by atoms with Crippen molar-refractivity contribution in [3.8, 4) is 11.5 Å². The number of nitrogens with one attached hydrogen (secondary N) is 1. The molecule has 1 N–H and O–H groups in total. The maximum atomic E-state index is 5.41. The van der Waals surface area contributed by atoms with Crippen molar-refractivity contribution in [2.75, 3.05) is 12.1 Å². The van der Waals surface area contributed by atoms with Gasteiger partial charge >= 0.3 is 0 Å². The van der Waals surface area contributed by atoms with E-state index >= 15 is 0 Å². The molecule has 0 aliphatic carbocycles. The van der Waals surface area contributed by atoms with Gasteiger partial charge in [-0.3, -0.25) is 0 Å². The van der Waals surface area contributed by atoms with Crippen molar-refractivity contribution >= 4 is 21.6 Å². The molecule has 1 aliphatic rings. The minimum atomic E-state index is 0.303. The lowest BCUT2D eigenvalue weighted by atomic mass is 10.1. The second-order valence-electron chi connectivity index (χ2n) is 4.70. The maximum Gasteiger partial charge on any atom is 0.231 e. The second kappa shape index (κ2) is 5.75. The smallest absolute Gasteiger partial charge is 0.231 e. The average molecular weight is 334 g/mol. The SMILES string of the molecule is CCc1cccc(NCc2cc3c(cc2Br)OCO3)c1. The molecule has 0 unspecified atom stereocenters. The number of rotatable bonds is 4. The maximum absolute atomic E-state index is 5.41. The van der Waals surface area contributed by atoms with E-state index in [0.717, 1.165) is 40.2 Å². The van der Waals surface area contributed by atoms with E-state index in [4.69, 9.17) is 9.47 Å². The van der Waals surface area contributed by atoms with Crippen LogP contribution in [0, 0.1) is 0 Å². The van der Waals surface area contributed by atoms with Crippen molar-refractivity contribution in [2.45, 2.75) is 19.9 Å². The number of halogens is 1. The van der Waals surface area contributed by atoms with Gasteiger partial charge in [0.15, 0.2) is 11.5 Å². The fourth-order valence-corrected chi connectivity index (χ4v) is 2.66. The lowest BCUT2D eigenvalue weighted by Gasteiger charge is -2.10. The largest absolute Gasteiger partial charge is 0.454 e. The first-order valence-corrected chi connectivity index (χ1v) is 7.46. The summed E-state index contributed by atoms with van der Waals surface area (Å²) in [6.07, 6.45) is 1.04. The van der Waals surface area contributed by atoms with Crippen molar-refractivity contribution in [3.05, 3.63) is 52.0 Å². The van der Waals surface area contributed by atoms with E-state index in [2.05, 4.69) is 52.4 Å². The molecule has 0 amide bonds. The fraction of sp³-hybridized carbons (Fsp3) is 0.250. The Hall–Kier alpha value is -1.68. The number of ether oxygens (including phenoxy) is 2. The molecule has 20 heavy (non-hydrogen) atoms. The Bertz CT molecular complexity index is 628. The third-order valence-corrected chi connectivity index (χ3v) is 4.10. The van der Waals surface area contributed by atoms with Gasteiger partial charge in [-0.25, -0.2) is 0 Å². The van der Waals surface area contributed by atoms with Crippen LogP contribution in [-0.4, -0.2) is 6.79 Å². The summed E-state index contributed by atoms with van der Waals surface area (Å²) >= 11 is 3.58. The van der Waals surface area contributed by atoms with Gasteiger partial charge in [-0.05, 0) is 41.8 Å². The molecule has 3 rings (SSSR count). The molecule has 2 aromatic rings. The standard InChI is InChI=1S/C16H16BrNO2/c1-2-11-4-3-5-13(6-11)18-9-12-7-15-16(8-14(12)17)20-10-19-15/h3-8,18H,2,9-10H2,1H3. The van der Waals surface area contributed by atoms with Gasteiger partial charge in [0.1, 0.15) is 0 Å². The topological polar surface area (TPSA) is 30.5 Å². The predicted octanol–water partition coefficient (Wildman–Crippen LogP) is 4.35. The van der Waals surface area contributed by atoms with Gasteiger partial charge in [-0.1, -0.05) is 35.0 Å². The second-order valence-corrected chi connectivity index (χ2v) is 5.56.